The number of thioether (sulfide) groups is 1. The zero-order chi connectivity index (χ0) is 12.8. The standard InChI is InChI=1S/C12H13ClN4S/c1-12(4-5-12)17-10-8-7(3-6-14-9(8)13)15-11(16-10)18-2/h3,6H,4-5H2,1-2H3,(H,15,16,17). The Morgan fingerprint density at radius 3 is 2.83 bits per heavy atom. The van der Waals surface area contributed by atoms with E-state index in [0.29, 0.717) is 5.15 Å². The molecule has 0 unspecified atom stereocenters. The average Bonchev–Trinajstić information content (AvgIpc) is 3.06. The molecular formula is C12H13ClN4S. The molecule has 1 aliphatic rings. The Bertz CT molecular complexity index is 612. The van der Waals surface area contributed by atoms with E-state index in [9.17, 15) is 0 Å². The van der Waals surface area contributed by atoms with Crippen molar-refractivity contribution in [1.82, 2.24) is 15.0 Å². The minimum absolute atomic E-state index is 0.149. The van der Waals surface area contributed by atoms with Crippen molar-refractivity contribution in [2.45, 2.75) is 30.5 Å². The molecule has 0 amide bonds. The number of fused-ring (bicyclic) bond motifs is 1. The van der Waals surface area contributed by atoms with E-state index >= 15 is 0 Å². The number of aromatic nitrogens is 3. The van der Waals surface area contributed by atoms with Gasteiger partial charge in [0.05, 0.1) is 10.9 Å². The van der Waals surface area contributed by atoms with E-state index in [-0.39, 0.29) is 5.54 Å². The number of rotatable bonds is 3. The number of halogens is 1. The molecular weight excluding hydrogens is 268 g/mol. The molecule has 3 rings (SSSR count). The topological polar surface area (TPSA) is 50.7 Å². The van der Waals surface area contributed by atoms with Crippen molar-refractivity contribution < 1.29 is 0 Å². The second-order valence-corrected chi connectivity index (χ2v) is 5.87. The van der Waals surface area contributed by atoms with Gasteiger partial charge in [-0.1, -0.05) is 23.4 Å². The molecule has 2 aromatic heterocycles. The lowest BCUT2D eigenvalue weighted by Crippen LogP contribution is -2.17. The van der Waals surface area contributed by atoms with Gasteiger partial charge < -0.3 is 5.32 Å². The van der Waals surface area contributed by atoms with Crippen molar-refractivity contribution in [2.24, 2.45) is 0 Å². The molecule has 1 fully saturated rings. The second-order valence-electron chi connectivity index (χ2n) is 4.74. The Morgan fingerprint density at radius 2 is 2.17 bits per heavy atom. The molecule has 2 heterocycles. The molecule has 1 aliphatic carbocycles. The molecule has 0 saturated heterocycles. The van der Waals surface area contributed by atoms with Gasteiger partial charge in [0.25, 0.3) is 0 Å². The molecule has 0 aromatic carbocycles. The van der Waals surface area contributed by atoms with Gasteiger partial charge in [0, 0.05) is 11.7 Å². The van der Waals surface area contributed by atoms with Gasteiger partial charge in [-0.2, -0.15) is 0 Å². The fourth-order valence-corrected chi connectivity index (χ4v) is 2.41. The van der Waals surface area contributed by atoms with E-state index in [1.165, 1.54) is 11.8 Å². The van der Waals surface area contributed by atoms with E-state index in [4.69, 9.17) is 11.6 Å². The Balaban J connectivity index is 2.19. The van der Waals surface area contributed by atoms with Gasteiger partial charge in [0.15, 0.2) is 5.16 Å². The summed E-state index contributed by atoms with van der Waals surface area (Å²) >= 11 is 7.69. The average molecular weight is 281 g/mol. The third kappa shape index (κ3) is 2.12. The van der Waals surface area contributed by atoms with Crippen LogP contribution in [-0.4, -0.2) is 26.7 Å². The summed E-state index contributed by atoms with van der Waals surface area (Å²) in [5, 5.41) is 5.47. The number of hydrogen-bond donors (Lipinski definition) is 1. The van der Waals surface area contributed by atoms with E-state index in [1.54, 1.807) is 6.20 Å². The van der Waals surface area contributed by atoms with E-state index < -0.39 is 0 Å². The van der Waals surface area contributed by atoms with Crippen LogP contribution in [0.5, 0.6) is 0 Å². The van der Waals surface area contributed by atoms with Crippen molar-refractivity contribution >= 4 is 40.1 Å². The summed E-state index contributed by atoms with van der Waals surface area (Å²) in [6, 6.07) is 1.86. The maximum absolute atomic E-state index is 6.17. The first-order chi connectivity index (χ1) is 8.61. The lowest BCUT2D eigenvalue weighted by molar-refractivity contribution is 0.815. The minimum Gasteiger partial charge on any atom is -0.364 e. The smallest absolute Gasteiger partial charge is 0.189 e. The van der Waals surface area contributed by atoms with Gasteiger partial charge in [-0.15, -0.1) is 0 Å². The second kappa shape index (κ2) is 4.24. The Hall–Kier alpha value is -1.07. The van der Waals surface area contributed by atoms with Gasteiger partial charge in [0.1, 0.15) is 11.0 Å². The molecule has 0 bridgehead atoms. The van der Waals surface area contributed by atoms with Crippen LogP contribution in [0.2, 0.25) is 5.15 Å². The van der Waals surface area contributed by atoms with Crippen molar-refractivity contribution in [3.05, 3.63) is 17.4 Å². The quantitative estimate of drug-likeness (QED) is 0.531. The van der Waals surface area contributed by atoms with Crippen molar-refractivity contribution in [1.29, 1.82) is 0 Å². The maximum atomic E-state index is 6.17. The van der Waals surface area contributed by atoms with Crippen LogP contribution in [-0.2, 0) is 0 Å². The summed E-state index contributed by atoms with van der Waals surface area (Å²) in [7, 11) is 0. The fraction of sp³-hybridized carbons (Fsp3) is 0.417. The van der Waals surface area contributed by atoms with Crippen molar-refractivity contribution in [3.63, 3.8) is 0 Å². The van der Waals surface area contributed by atoms with E-state index in [1.807, 2.05) is 12.3 Å². The largest absolute Gasteiger partial charge is 0.364 e. The highest BCUT2D eigenvalue weighted by Gasteiger charge is 2.38. The van der Waals surface area contributed by atoms with Crippen LogP contribution in [0.4, 0.5) is 5.82 Å². The molecule has 4 nitrogen and oxygen atoms in total. The van der Waals surface area contributed by atoms with Gasteiger partial charge in [-0.3, -0.25) is 0 Å². The van der Waals surface area contributed by atoms with Gasteiger partial charge in [-0.25, -0.2) is 15.0 Å². The Morgan fingerprint density at radius 1 is 1.39 bits per heavy atom. The Labute approximate surface area is 115 Å². The zero-order valence-corrected chi connectivity index (χ0v) is 11.8. The summed E-state index contributed by atoms with van der Waals surface area (Å²) in [5.74, 6) is 0.794. The van der Waals surface area contributed by atoms with Crippen LogP contribution in [0.1, 0.15) is 19.8 Å². The van der Waals surface area contributed by atoms with E-state index in [0.717, 1.165) is 34.7 Å². The van der Waals surface area contributed by atoms with E-state index in [2.05, 4.69) is 27.2 Å². The molecule has 0 aliphatic heterocycles. The fourth-order valence-electron chi connectivity index (χ4n) is 1.80. The molecule has 1 N–H and O–H groups in total. The van der Waals surface area contributed by atoms with Crippen LogP contribution in [0.25, 0.3) is 10.9 Å². The first kappa shape index (κ1) is 12.0. The van der Waals surface area contributed by atoms with Crippen LogP contribution in [0.15, 0.2) is 17.4 Å². The summed E-state index contributed by atoms with van der Waals surface area (Å²) in [6.07, 6.45) is 5.95. The predicted molar refractivity (Wildman–Crippen MR) is 75.4 cm³/mol. The number of anilines is 1. The highest BCUT2D eigenvalue weighted by atomic mass is 35.5. The van der Waals surface area contributed by atoms with Crippen LogP contribution < -0.4 is 5.32 Å². The molecule has 0 atom stereocenters. The normalized spacial score (nSPS) is 16.8. The summed E-state index contributed by atoms with van der Waals surface area (Å²) in [4.78, 5) is 13.1. The summed E-state index contributed by atoms with van der Waals surface area (Å²) < 4.78 is 0. The van der Waals surface area contributed by atoms with Gasteiger partial charge >= 0.3 is 0 Å². The molecule has 1 saturated carbocycles. The third-order valence-electron chi connectivity index (χ3n) is 3.15. The molecule has 0 radical (unpaired) electrons. The van der Waals surface area contributed by atoms with Crippen molar-refractivity contribution in [3.8, 4) is 0 Å². The van der Waals surface area contributed by atoms with Gasteiger partial charge in [0.2, 0.25) is 0 Å². The molecule has 2 aromatic rings. The molecule has 94 valence electrons. The number of pyridine rings is 1. The SMILES string of the molecule is CSc1nc(NC2(C)CC2)c2c(Cl)nccc2n1. The lowest BCUT2D eigenvalue weighted by atomic mass is 10.2. The van der Waals surface area contributed by atoms with Gasteiger partial charge in [-0.05, 0) is 32.1 Å². The highest BCUT2D eigenvalue weighted by molar-refractivity contribution is 7.98. The van der Waals surface area contributed by atoms with Crippen LogP contribution in [0, 0.1) is 0 Å². The summed E-state index contributed by atoms with van der Waals surface area (Å²) in [5.41, 5.74) is 0.983. The Kier molecular flexibility index (Phi) is 2.83. The first-order valence-electron chi connectivity index (χ1n) is 5.76. The highest BCUT2D eigenvalue weighted by Crippen LogP contribution is 2.40. The first-order valence-corrected chi connectivity index (χ1v) is 7.36. The van der Waals surface area contributed by atoms with Crippen LogP contribution in [0.3, 0.4) is 0 Å². The minimum atomic E-state index is 0.149. The summed E-state index contributed by atoms with van der Waals surface area (Å²) in [6.45, 7) is 2.18. The third-order valence-corrected chi connectivity index (χ3v) is 3.98. The number of hydrogen-bond acceptors (Lipinski definition) is 5. The lowest BCUT2D eigenvalue weighted by Gasteiger charge is -2.15. The zero-order valence-electron chi connectivity index (χ0n) is 10.2. The predicted octanol–water partition coefficient (Wildman–Crippen LogP) is 3.36. The van der Waals surface area contributed by atoms with Crippen LogP contribution >= 0.6 is 23.4 Å². The number of nitrogens with one attached hydrogen (secondary N) is 1. The van der Waals surface area contributed by atoms with Crippen molar-refractivity contribution in [2.75, 3.05) is 11.6 Å². The maximum Gasteiger partial charge on any atom is 0.189 e. The number of nitrogens with zero attached hydrogens (tertiary/aromatic N) is 3. The molecule has 0 spiro atoms. The monoisotopic (exact) mass is 280 g/mol. The molecule has 6 heteroatoms. The molecule has 18 heavy (non-hydrogen) atoms.